The summed E-state index contributed by atoms with van der Waals surface area (Å²) in [5, 5.41) is 4.04. The van der Waals surface area contributed by atoms with E-state index in [1.54, 1.807) is 11.3 Å². The lowest BCUT2D eigenvalue weighted by atomic mass is 10.1. The van der Waals surface area contributed by atoms with E-state index in [2.05, 4.69) is 33.3 Å². The summed E-state index contributed by atoms with van der Waals surface area (Å²) in [5.41, 5.74) is 3.23. The Kier molecular flexibility index (Phi) is 4.57. The lowest BCUT2D eigenvalue weighted by molar-refractivity contribution is -0.872. The smallest absolute Gasteiger partial charge is 0.256 e. The summed E-state index contributed by atoms with van der Waals surface area (Å²) in [6, 6.07) is 9.34. The molecule has 2 rings (SSSR count). The molecule has 0 unspecified atom stereocenters. The van der Waals surface area contributed by atoms with Gasteiger partial charge in [0.25, 0.3) is 5.91 Å². The zero-order valence-corrected chi connectivity index (χ0v) is 13.2. The van der Waals surface area contributed by atoms with Crippen molar-refractivity contribution in [3.63, 3.8) is 0 Å². The highest BCUT2D eigenvalue weighted by molar-refractivity contribution is 7.16. The van der Waals surface area contributed by atoms with Crippen LogP contribution >= 0.6 is 11.3 Å². The van der Waals surface area contributed by atoms with Crippen molar-refractivity contribution in [1.82, 2.24) is 0 Å². The van der Waals surface area contributed by atoms with Crippen LogP contribution in [0.5, 0.6) is 0 Å². The maximum Gasteiger partial charge on any atom is 0.256 e. The van der Waals surface area contributed by atoms with Gasteiger partial charge in [0.15, 0.2) is 0 Å². The number of carbonyl (C=O) groups is 1. The standard InChI is InChI=1S/C16H20N2OS/c1-11-12(2)20-16(14(11)10-18(3)4)17-15(19)13-8-6-5-7-9-13/h5-9H,10H2,1-4H3,(H,17,19)/p+1. The molecule has 0 aliphatic heterocycles. The summed E-state index contributed by atoms with van der Waals surface area (Å²) in [7, 11) is 4.24. The van der Waals surface area contributed by atoms with Crippen molar-refractivity contribution in [1.29, 1.82) is 0 Å². The monoisotopic (exact) mass is 289 g/mol. The molecule has 20 heavy (non-hydrogen) atoms. The summed E-state index contributed by atoms with van der Waals surface area (Å²) in [4.78, 5) is 14.9. The first kappa shape index (κ1) is 14.8. The van der Waals surface area contributed by atoms with Crippen molar-refractivity contribution < 1.29 is 9.69 Å². The van der Waals surface area contributed by atoms with Gasteiger partial charge < -0.3 is 10.2 Å². The summed E-state index contributed by atoms with van der Waals surface area (Å²) in [6.45, 7) is 5.15. The Morgan fingerprint density at radius 2 is 1.85 bits per heavy atom. The topological polar surface area (TPSA) is 33.5 Å². The number of hydrogen-bond acceptors (Lipinski definition) is 2. The Morgan fingerprint density at radius 1 is 1.20 bits per heavy atom. The second-order valence-electron chi connectivity index (χ2n) is 5.29. The molecule has 1 aromatic carbocycles. The SMILES string of the molecule is Cc1sc(NC(=O)c2ccccc2)c(C[NH+](C)C)c1C. The molecule has 0 saturated heterocycles. The van der Waals surface area contributed by atoms with E-state index in [1.165, 1.54) is 20.9 Å². The van der Waals surface area contributed by atoms with Gasteiger partial charge in [-0.25, -0.2) is 0 Å². The Balaban J connectivity index is 2.25. The van der Waals surface area contributed by atoms with Gasteiger partial charge in [-0.05, 0) is 31.5 Å². The molecular formula is C16H21N2OS+. The van der Waals surface area contributed by atoms with Crippen LogP contribution in [0.2, 0.25) is 0 Å². The largest absolute Gasteiger partial charge is 0.336 e. The molecule has 1 aromatic heterocycles. The van der Waals surface area contributed by atoms with Gasteiger partial charge in [0, 0.05) is 16.0 Å². The van der Waals surface area contributed by atoms with Crippen LogP contribution in [0.15, 0.2) is 30.3 Å². The van der Waals surface area contributed by atoms with Crippen LogP contribution in [-0.2, 0) is 6.54 Å². The lowest BCUT2D eigenvalue weighted by Gasteiger charge is -2.10. The van der Waals surface area contributed by atoms with Gasteiger partial charge in [-0.1, -0.05) is 18.2 Å². The molecule has 0 fully saturated rings. The maximum atomic E-state index is 12.3. The molecule has 0 spiro atoms. The Labute approximate surface area is 124 Å². The number of thiophene rings is 1. The minimum atomic E-state index is -0.0399. The molecule has 2 aromatic rings. The summed E-state index contributed by atoms with van der Waals surface area (Å²) in [5.74, 6) is -0.0399. The van der Waals surface area contributed by atoms with Gasteiger partial charge in [0.05, 0.1) is 14.1 Å². The first-order valence-electron chi connectivity index (χ1n) is 6.73. The summed E-state index contributed by atoms with van der Waals surface area (Å²) >= 11 is 1.66. The third-order valence-electron chi connectivity index (χ3n) is 3.30. The van der Waals surface area contributed by atoms with E-state index in [-0.39, 0.29) is 5.91 Å². The second kappa shape index (κ2) is 6.20. The fraction of sp³-hybridized carbons (Fsp3) is 0.312. The number of aryl methyl sites for hydroxylation is 1. The van der Waals surface area contributed by atoms with Crippen LogP contribution in [-0.4, -0.2) is 20.0 Å². The third-order valence-corrected chi connectivity index (χ3v) is 4.47. The third kappa shape index (κ3) is 3.26. The predicted octanol–water partition coefficient (Wildman–Crippen LogP) is 2.26. The zero-order valence-electron chi connectivity index (χ0n) is 12.4. The van der Waals surface area contributed by atoms with E-state index in [1.807, 2.05) is 30.3 Å². The van der Waals surface area contributed by atoms with E-state index in [9.17, 15) is 4.79 Å². The summed E-state index contributed by atoms with van der Waals surface area (Å²) < 4.78 is 0. The number of hydrogen-bond donors (Lipinski definition) is 2. The highest BCUT2D eigenvalue weighted by Gasteiger charge is 2.17. The van der Waals surface area contributed by atoms with E-state index >= 15 is 0 Å². The average Bonchev–Trinajstić information content (AvgIpc) is 2.67. The minimum Gasteiger partial charge on any atom is -0.336 e. The van der Waals surface area contributed by atoms with Crippen LogP contribution in [0.25, 0.3) is 0 Å². The first-order chi connectivity index (χ1) is 9.49. The van der Waals surface area contributed by atoms with Crippen LogP contribution in [0, 0.1) is 13.8 Å². The molecule has 0 atom stereocenters. The average molecular weight is 289 g/mol. The number of nitrogens with one attached hydrogen (secondary N) is 2. The molecule has 0 radical (unpaired) electrons. The predicted molar refractivity (Wildman–Crippen MR) is 84.7 cm³/mol. The van der Waals surface area contributed by atoms with Crippen molar-refractivity contribution >= 4 is 22.2 Å². The van der Waals surface area contributed by atoms with Gasteiger partial charge >= 0.3 is 0 Å². The normalized spacial score (nSPS) is 10.8. The first-order valence-corrected chi connectivity index (χ1v) is 7.55. The van der Waals surface area contributed by atoms with Crippen molar-refractivity contribution in [2.75, 3.05) is 19.4 Å². The fourth-order valence-corrected chi connectivity index (χ4v) is 3.18. The van der Waals surface area contributed by atoms with E-state index < -0.39 is 0 Å². The number of carbonyl (C=O) groups excluding carboxylic acids is 1. The lowest BCUT2D eigenvalue weighted by Crippen LogP contribution is -3.04. The maximum absolute atomic E-state index is 12.3. The Morgan fingerprint density at radius 3 is 2.45 bits per heavy atom. The van der Waals surface area contributed by atoms with Crippen LogP contribution < -0.4 is 10.2 Å². The van der Waals surface area contributed by atoms with Crippen molar-refractivity contribution in [2.24, 2.45) is 0 Å². The molecule has 4 heteroatoms. The van der Waals surface area contributed by atoms with Gasteiger partial charge in [0.2, 0.25) is 0 Å². The van der Waals surface area contributed by atoms with Crippen molar-refractivity contribution in [2.45, 2.75) is 20.4 Å². The number of rotatable bonds is 4. The fourth-order valence-electron chi connectivity index (χ4n) is 2.11. The molecule has 0 bridgehead atoms. The highest BCUT2D eigenvalue weighted by atomic mass is 32.1. The van der Waals surface area contributed by atoms with E-state index in [0.717, 1.165) is 11.5 Å². The zero-order chi connectivity index (χ0) is 14.7. The molecule has 0 saturated carbocycles. The summed E-state index contributed by atoms with van der Waals surface area (Å²) in [6.07, 6.45) is 0. The molecule has 3 nitrogen and oxygen atoms in total. The van der Waals surface area contributed by atoms with Gasteiger partial charge in [0.1, 0.15) is 11.5 Å². The second-order valence-corrected chi connectivity index (χ2v) is 6.52. The van der Waals surface area contributed by atoms with E-state index in [0.29, 0.717) is 5.56 Å². The molecular weight excluding hydrogens is 268 g/mol. The molecule has 1 amide bonds. The van der Waals surface area contributed by atoms with Crippen LogP contribution in [0.1, 0.15) is 26.4 Å². The van der Waals surface area contributed by atoms with Crippen LogP contribution in [0.4, 0.5) is 5.00 Å². The number of amides is 1. The van der Waals surface area contributed by atoms with Gasteiger partial charge in [-0.2, -0.15) is 0 Å². The number of quaternary nitrogens is 1. The van der Waals surface area contributed by atoms with Crippen molar-refractivity contribution in [3.05, 3.63) is 51.9 Å². The quantitative estimate of drug-likeness (QED) is 0.889. The Bertz CT molecular complexity index is 602. The molecule has 0 aliphatic carbocycles. The van der Waals surface area contributed by atoms with E-state index in [4.69, 9.17) is 0 Å². The molecule has 0 aliphatic rings. The number of benzene rings is 1. The van der Waals surface area contributed by atoms with Crippen molar-refractivity contribution in [3.8, 4) is 0 Å². The van der Waals surface area contributed by atoms with Gasteiger partial charge in [-0.15, -0.1) is 11.3 Å². The van der Waals surface area contributed by atoms with Gasteiger partial charge in [-0.3, -0.25) is 4.79 Å². The molecule has 2 N–H and O–H groups in total. The highest BCUT2D eigenvalue weighted by Crippen LogP contribution is 2.32. The molecule has 106 valence electrons. The number of anilines is 1. The molecule has 1 heterocycles. The minimum absolute atomic E-state index is 0.0399. The van der Waals surface area contributed by atoms with Crippen LogP contribution in [0.3, 0.4) is 0 Å². The Hall–Kier alpha value is -1.65.